The van der Waals surface area contributed by atoms with Crippen molar-refractivity contribution in [1.82, 2.24) is 0 Å². The quantitative estimate of drug-likeness (QED) is 0.649. The summed E-state index contributed by atoms with van der Waals surface area (Å²) < 4.78 is 0. The number of hydrogen-bond donors (Lipinski definition) is 0. The van der Waals surface area contributed by atoms with Crippen molar-refractivity contribution in [1.29, 1.82) is 0 Å². The summed E-state index contributed by atoms with van der Waals surface area (Å²) in [6, 6.07) is 17.5. The Labute approximate surface area is 134 Å². The zero-order valence-electron chi connectivity index (χ0n) is 14.0. The number of hydrogen-bond acceptors (Lipinski definition) is 0. The smallest absolute Gasteiger partial charge is 0.0115 e. The fourth-order valence-corrected chi connectivity index (χ4v) is 3.41. The first-order valence-corrected chi connectivity index (χ1v) is 8.05. The SMILES string of the molecule is C/C=C(\C=C1/Cc2ccc(C)cc2C1(C)C)c1ccccc1. The summed E-state index contributed by atoms with van der Waals surface area (Å²) in [5.74, 6) is 0. The molecule has 0 aromatic heterocycles. The third-order valence-corrected chi connectivity index (χ3v) is 4.87. The maximum Gasteiger partial charge on any atom is 0.0115 e. The lowest BCUT2D eigenvalue weighted by Gasteiger charge is -2.23. The third-order valence-electron chi connectivity index (χ3n) is 4.87. The summed E-state index contributed by atoms with van der Waals surface area (Å²) in [6.07, 6.45) is 5.67. The van der Waals surface area contributed by atoms with Crippen LogP contribution >= 0.6 is 0 Å². The van der Waals surface area contributed by atoms with E-state index in [1.165, 1.54) is 33.4 Å². The van der Waals surface area contributed by atoms with E-state index in [4.69, 9.17) is 0 Å². The second-order valence-corrected chi connectivity index (χ2v) is 6.74. The van der Waals surface area contributed by atoms with Gasteiger partial charge in [0.15, 0.2) is 0 Å². The molecule has 0 bridgehead atoms. The fourth-order valence-electron chi connectivity index (χ4n) is 3.41. The van der Waals surface area contributed by atoms with Gasteiger partial charge in [0, 0.05) is 5.41 Å². The van der Waals surface area contributed by atoms with Crippen LogP contribution in [-0.4, -0.2) is 0 Å². The minimum Gasteiger partial charge on any atom is -0.0798 e. The Balaban J connectivity index is 2.03. The Hall–Kier alpha value is -2.08. The summed E-state index contributed by atoms with van der Waals surface area (Å²) in [7, 11) is 0. The lowest BCUT2D eigenvalue weighted by Crippen LogP contribution is -2.15. The van der Waals surface area contributed by atoms with E-state index in [-0.39, 0.29) is 5.41 Å². The van der Waals surface area contributed by atoms with Crippen molar-refractivity contribution in [3.63, 3.8) is 0 Å². The Kier molecular flexibility index (Phi) is 3.78. The molecule has 2 aromatic carbocycles. The van der Waals surface area contributed by atoms with E-state index in [2.05, 4.69) is 88.4 Å². The molecule has 2 aromatic rings. The normalized spacial score (nSPS) is 18.5. The van der Waals surface area contributed by atoms with Crippen molar-refractivity contribution < 1.29 is 0 Å². The summed E-state index contributed by atoms with van der Waals surface area (Å²) in [6.45, 7) is 9.00. The molecule has 0 saturated heterocycles. The molecule has 0 N–H and O–H groups in total. The highest BCUT2D eigenvalue weighted by Gasteiger charge is 2.34. The molecular weight excluding hydrogens is 264 g/mol. The second kappa shape index (κ2) is 5.61. The average Bonchev–Trinajstić information content (AvgIpc) is 2.76. The van der Waals surface area contributed by atoms with Crippen molar-refractivity contribution in [2.75, 3.05) is 0 Å². The molecule has 0 heteroatoms. The van der Waals surface area contributed by atoms with Gasteiger partial charge in [0.25, 0.3) is 0 Å². The minimum atomic E-state index is 0.115. The van der Waals surface area contributed by atoms with Crippen molar-refractivity contribution in [3.05, 3.63) is 88.5 Å². The molecule has 22 heavy (non-hydrogen) atoms. The maximum absolute atomic E-state index is 2.39. The molecule has 0 nitrogen and oxygen atoms in total. The van der Waals surface area contributed by atoms with Crippen LogP contribution < -0.4 is 0 Å². The Morgan fingerprint density at radius 3 is 2.45 bits per heavy atom. The minimum absolute atomic E-state index is 0.115. The first kappa shape index (κ1) is 14.8. The largest absolute Gasteiger partial charge is 0.0798 e. The van der Waals surface area contributed by atoms with E-state index in [0.717, 1.165) is 6.42 Å². The van der Waals surface area contributed by atoms with Crippen LogP contribution in [0, 0.1) is 6.92 Å². The molecule has 0 amide bonds. The van der Waals surface area contributed by atoms with Crippen LogP contribution in [0.2, 0.25) is 0 Å². The Morgan fingerprint density at radius 2 is 1.77 bits per heavy atom. The summed E-state index contributed by atoms with van der Waals surface area (Å²) >= 11 is 0. The number of aryl methyl sites for hydroxylation is 1. The molecule has 1 aliphatic rings. The van der Waals surface area contributed by atoms with Gasteiger partial charge in [-0.05, 0) is 42.5 Å². The van der Waals surface area contributed by atoms with E-state index in [9.17, 15) is 0 Å². The lowest BCUT2D eigenvalue weighted by molar-refractivity contribution is 0.644. The lowest BCUT2D eigenvalue weighted by atomic mass is 9.81. The summed E-state index contributed by atoms with van der Waals surface area (Å²) in [4.78, 5) is 0. The van der Waals surface area contributed by atoms with E-state index in [1.54, 1.807) is 0 Å². The van der Waals surface area contributed by atoms with Gasteiger partial charge < -0.3 is 0 Å². The standard InChI is InChI=1S/C22H24/c1-5-17(18-9-7-6-8-10-18)14-20-15-19-12-11-16(2)13-21(19)22(20,3)4/h5-14H,15H2,1-4H3/b17-5+,20-14+. The number of allylic oxidation sites excluding steroid dienone is 4. The molecule has 0 spiro atoms. The van der Waals surface area contributed by atoms with E-state index in [1.807, 2.05) is 0 Å². The van der Waals surface area contributed by atoms with Gasteiger partial charge in [0.05, 0.1) is 0 Å². The highest BCUT2D eigenvalue weighted by molar-refractivity contribution is 5.75. The molecule has 112 valence electrons. The maximum atomic E-state index is 2.39. The first-order chi connectivity index (χ1) is 10.5. The van der Waals surface area contributed by atoms with E-state index >= 15 is 0 Å². The van der Waals surface area contributed by atoms with Crippen molar-refractivity contribution >= 4 is 5.57 Å². The average molecular weight is 288 g/mol. The summed E-state index contributed by atoms with van der Waals surface area (Å²) in [5, 5.41) is 0. The van der Waals surface area contributed by atoms with Crippen molar-refractivity contribution in [2.45, 2.75) is 39.5 Å². The molecule has 1 aliphatic carbocycles. The van der Waals surface area contributed by atoms with Crippen molar-refractivity contribution in [3.8, 4) is 0 Å². The van der Waals surface area contributed by atoms with Gasteiger partial charge in [0.2, 0.25) is 0 Å². The van der Waals surface area contributed by atoms with Crippen LogP contribution in [0.5, 0.6) is 0 Å². The molecule has 0 fully saturated rings. The Morgan fingerprint density at radius 1 is 1.05 bits per heavy atom. The summed E-state index contributed by atoms with van der Waals surface area (Å²) in [5.41, 5.74) is 8.54. The van der Waals surface area contributed by atoms with Gasteiger partial charge in [-0.2, -0.15) is 0 Å². The van der Waals surface area contributed by atoms with Gasteiger partial charge in [-0.1, -0.05) is 85.7 Å². The van der Waals surface area contributed by atoms with Crippen LogP contribution in [0.3, 0.4) is 0 Å². The van der Waals surface area contributed by atoms with E-state index in [0.29, 0.717) is 0 Å². The van der Waals surface area contributed by atoms with Crippen LogP contribution in [0.15, 0.2) is 66.3 Å². The Bertz CT molecular complexity index is 743. The predicted molar refractivity (Wildman–Crippen MR) is 96.1 cm³/mol. The van der Waals surface area contributed by atoms with Gasteiger partial charge in [-0.25, -0.2) is 0 Å². The van der Waals surface area contributed by atoms with Gasteiger partial charge >= 0.3 is 0 Å². The molecule has 0 atom stereocenters. The topological polar surface area (TPSA) is 0 Å². The highest BCUT2D eigenvalue weighted by atomic mass is 14.4. The number of rotatable bonds is 2. The first-order valence-electron chi connectivity index (χ1n) is 8.05. The monoisotopic (exact) mass is 288 g/mol. The van der Waals surface area contributed by atoms with Gasteiger partial charge in [-0.15, -0.1) is 0 Å². The van der Waals surface area contributed by atoms with Gasteiger partial charge in [0.1, 0.15) is 0 Å². The zero-order chi connectivity index (χ0) is 15.7. The van der Waals surface area contributed by atoms with Crippen molar-refractivity contribution in [2.24, 2.45) is 0 Å². The molecule has 0 heterocycles. The zero-order valence-corrected chi connectivity index (χ0v) is 14.0. The predicted octanol–water partition coefficient (Wildman–Crippen LogP) is 5.86. The third kappa shape index (κ3) is 2.54. The molecule has 0 aliphatic heterocycles. The highest BCUT2D eigenvalue weighted by Crippen LogP contribution is 2.43. The molecule has 0 radical (unpaired) electrons. The van der Waals surface area contributed by atoms with Crippen LogP contribution in [0.25, 0.3) is 5.57 Å². The van der Waals surface area contributed by atoms with Crippen LogP contribution in [-0.2, 0) is 11.8 Å². The van der Waals surface area contributed by atoms with Gasteiger partial charge in [-0.3, -0.25) is 0 Å². The second-order valence-electron chi connectivity index (χ2n) is 6.74. The van der Waals surface area contributed by atoms with Crippen LogP contribution in [0.4, 0.5) is 0 Å². The van der Waals surface area contributed by atoms with Crippen LogP contribution in [0.1, 0.15) is 43.0 Å². The molecular formula is C22H24. The number of benzene rings is 2. The fraction of sp³-hybridized carbons (Fsp3) is 0.273. The molecule has 3 rings (SSSR count). The van der Waals surface area contributed by atoms with E-state index < -0.39 is 0 Å². The molecule has 0 unspecified atom stereocenters. The molecule has 0 saturated carbocycles. The number of fused-ring (bicyclic) bond motifs is 1.